The van der Waals surface area contributed by atoms with Crippen LogP contribution < -0.4 is 20.1 Å². The summed E-state index contributed by atoms with van der Waals surface area (Å²) < 4.78 is 10.6. The van der Waals surface area contributed by atoms with Crippen molar-refractivity contribution in [3.05, 3.63) is 52.6 Å². The van der Waals surface area contributed by atoms with Crippen molar-refractivity contribution in [2.45, 2.75) is 41.2 Å². The topological polar surface area (TPSA) is 76.7 Å². The molecule has 1 aliphatic heterocycles. The van der Waals surface area contributed by atoms with Crippen LogP contribution in [0.25, 0.3) is 0 Å². The first-order valence-corrected chi connectivity index (χ1v) is 9.24. The van der Waals surface area contributed by atoms with Gasteiger partial charge in [-0.15, -0.1) is 0 Å². The van der Waals surface area contributed by atoms with E-state index in [-0.39, 0.29) is 18.6 Å². The van der Waals surface area contributed by atoms with E-state index >= 15 is 0 Å². The largest absolute Gasteiger partial charge is 0.454 e. The van der Waals surface area contributed by atoms with Gasteiger partial charge >= 0.3 is 0 Å². The van der Waals surface area contributed by atoms with E-state index in [1.54, 1.807) is 13.8 Å². The van der Waals surface area contributed by atoms with Gasteiger partial charge in [0.05, 0.1) is 0 Å². The van der Waals surface area contributed by atoms with Crippen LogP contribution in [0.4, 0.5) is 5.69 Å². The van der Waals surface area contributed by atoms with Crippen molar-refractivity contribution in [2.75, 3.05) is 12.1 Å². The Kier molecular flexibility index (Phi) is 5.31. The molecule has 2 N–H and O–H groups in total. The monoisotopic (exact) mass is 382 g/mol. The molecule has 3 rings (SSSR count). The molecule has 0 saturated carbocycles. The minimum absolute atomic E-state index is 0.205. The SMILES string of the molecule is Cc1cc(C)c(NC(=O)C(C)(C)C(=O)NCc2ccc3c(c2)OCO3)c(C)c1. The van der Waals surface area contributed by atoms with Crippen LogP contribution in [0.5, 0.6) is 11.5 Å². The number of ether oxygens (including phenoxy) is 2. The van der Waals surface area contributed by atoms with Gasteiger partial charge in [0.15, 0.2) is 11.5 Å². The van der Waals surface area contributed by atoms with Crippen LogP contribution in [0.1, 0.15) is 36.1 Å². The number of amides is 2. The highest BCUT2D eigenvalue weighted by molar-refractivity contribution is 6.10. The summed E-state index contributed by atoms with van der Waals surface area (Å²) >= 11 is 0. The quantitative estimate of drug-likeness (QED) is 0.775. The summed E-state index contributed by atoms with van der Waals surface area (Å²) in [6.07, 6.45) is 0. The van der Waals surface area contributed by atoms with Crippen LogP contribution in [0.2, 0.25) is 0 Å². The molecule has 2 aromatic carbocycles. The molecule has 6 nitrogen and oxygen atoms in total. The summed E-state index contributed by atoms with van der Waals surface area (Å²) in [7, 11) is 0. The van der Waals surface area contributed by atoms with Crippen LogP contribution in [-0.4, -0.2) is 18.6 Å². The van der Waals surface area contributed by atoms with E-state index in [9.17, 15) is 9.59 Å². The summed E-state index contributed by atoms with van der Waals surface area (Å²) in [6, 6.07) is 9.52. The first-order valence-electron chi connectivity index (χ1n) is 9.24. The third kappa shape index (κ3) is 3.96. The maximum absolute atomic E-state index is 12.8. The lowest BCUT2D eigenvalue weighted by atomic mass is 9.90. The number of hydrogen-bond acceptors (Lipinski definition) is 4. The van der Waals surface area contributed by atoms with Crippen LogP contribution >= 0.6 is 0 Å². The van der Waals surface area contributed by atoms with Gasteiger partial charge in [-0.2, -0.15) is 0 Å². The number of anilines is 1. The Morgan fingerprint density at radius 2 is 1.61 bits per heavy atom. The molecule has 148 valence electrons. The van der Waals surface area contributed by atoms with E-state index < -0.39 is 5.41 Å². The van der Waals surface area contributed by atoms with Crippen molar-refractivity contribution in [2.24, 2.45) is 5.41 Å². The van der Waals surface area contributed by atoms with Crippen molar-refractivity contribution >= 4 is 17.5 Å². The second-order valence-corrected chi connectivity index (χ2v) is 7.72. The van der Waals surface area contributed by atoms with Crippen LogP contribution in [-0.2, 0) is 16.1 Å². The lowest BCUT2D eigenvalue weighted by Gasteiger charge is -2.24. The highest BCUT2D eigenvalue weighted by Crippen LogP contribution is 2.32. The maximum Gasteiger partial charge on any atom is 0.239 e. The molecule has 0 unspecified atom stereocenters. The average Bonchev–Trinajstić information content (AvgIpc) is 3.10. The standard InChI is InChI=1S/C22H26N2O4/c1-13-8-14(2)19(15(3)9-13)24-21(26)22(4,5)20(25)23-11-16-6-7-17-18(10-16)28-12-27-17/h6-10H,11-12H2,1-5H3,(H,23,25)(H,24,26). The smallest absolute Gasteiger partial charge is 0.239 e. The average molecular weight is 382 g/mol. The normalized spacial score (nSPS) is 12.6. The molecule has 0 aromatic heterocycles. The third-order valence-corrected chi connectivity index (χ3v) is 4.94. The third-order valence-electron chi connectivity index (χ3n) is 4.94. The minimum Gasteiger partial charge on any atom is -0.454 e. The first-order chi connectivity index (χ1) is 13.2. The molecule has 1 aliphatic rings. The fraction of sp³-hybridized carbons (Fsp3) is 0.364. The lowest BCUT2D eigenvalue weighted by Crippen LogP contribution is -2.45. The molecule has 2 amide bonds. The van der Waals surface area contributed by atoms with Gasteiger partial charge in [-0.3, -0.25) is 9.59 Å². The Morgan fingerprint density at radius 3 is 2.29 bits per heavy atom. The van der Waals surface area contributed by atoms with Crippen molar-refractivity contribution in [3.63, 3.8) is 0 Å². The van der Waals surface area contributed by atoms with Crippen LogP contribution in [0, 0.1) is 26.2 Å². The maximum atomic E-state index is 12.8. The molecule has 0 fully saturated rings. The Hall–Kier alpha value is -3.02. The van der Waals surface area contributed by atoms with Gasteiger partial charge in [0.1, 0.15) is 5.41 Å². The number of carbonyl (C=O) groups is 2. The fourth-order valence-electron chi connectivity index (χ4n) is 3.20. The molecular formula is C22H26N2O4. The molecule has 0 bridgehead atoms. The summed E-state index contributed by atoms with van der Waals surface area (Å²) in [5.74, 6) is 0.670. The summed E-state index contributed by atoms with van der Waals surface area (Å²) in [5, 5.41) is 5.76. The zero-order chi connectivity index (χ0) is 20.5. The first kappa shape index (κ1) is 19.7. The van der Waals surface area contributed by atoms with Crippen molar-refractivity contribution in [3.8, 4) is 11.5 Å². The number of aryl methyl sites for hydroxylation is 3. The molecule has 0 aliphatic carbocycles. The fourth-order valence-corrected chi connectivity index (χ4v) is 3.20. The van der Waals surface area contributed by atoms with Crippen molar-refractivity contribution < 1.29 is 19.1 Å². The number of hydrogen-bond donors (Lipinski definition) is 2. The summed E-state index contributed by atoms with van der Waals surface area (Å²) in [6.45, 7) is 9.65. The molecule has 0 saturated heterocycles. The highest BCUT2D eigenvalue weighted by atomic mass is 16.7. The molecular weight excluding hydrogens is 356 g/mol. The number of rotatable bonds is 5. The number of nitrogens with one attached hydrogen (secondary N) is 2. The van der Waals surface area contributed by atoms with Gasteiger partial charge in [-0.25, -0.2) is 0 Å². The predicted molar refractivity (Wildman–Crippen MR) is 107 cm³/mol. The van der Waals surface area contributed by atoms with Crippen molar-refractivity contribution in [1.82, 2.24) is 5.32 Å². The molecule has 0 radical (unpaired) electrons. The van der Waals surface area contributed by atoms with Gasteiger partial charge < -0.3 is 20.1 Å². The lowest BCUT2D eigenvalue weighted by molar-refractivity contribution is -0.138. The number of carbonyl (C=O) groups excluding carboxylic acids is 2. The van der Waals surface area contributed by atoms with E-state index in [0.29, 0.717) is 18.0 Å². The molecule has 0 spiro atoms. The highest BCUT2D eigenvalue weighted by Gasteiger charge is 2.36. The zero-order valence-electron chi connectivity index (χ0n) is 16.9. The van der Waals surface area contributed by atoms with E-state index in [1.165, 1.54) is 0 Å². The predicted octanol–water partition coefficient (Wildman–Crippen LogP) is 3.62. The van der Waals surface area contributed by atoms with Crippen LogP contribution in [0.15, 0.2) is 30.3 Å². The van der Waals surface area contributed by atoms with E-state index in [4.69, 9.17) is 9.47 Å². The second kappa shape index (κ2) is 7.54. The van der Waals surface area contributed by atoms with Crippen molar-refractivity contribution in [1.29, 1.82) is 0 Å². The number of benzene rings is 2. The Labute approximate surface area is 165 Å². The van der Waals surface area contributed by atoms with Gasteiger partial charge in [0.25, 0.3) is 0 Å². The summed E-state index contributed by atoms with van der Waals surface area (Å²) in [5.41, 5.74) is 3.49. The van der Waals surface area contributed by atoms with Crippen LogP contribution in [0.3, 0.4) is 0 Å². The molecule has 1 heterocycles. The minimum atomic E-state index is -1.22. The van der Waals surface area contributed by atoms with Gasteiger partial charge in [0, 0.05) is 12.2 Å². The van der Waals surface area contributed by atoms with E-state index in [0.717, 1.165) is 27.9 Å². The molecule has 2 aromatic rings. The zero-order valence-corrected chi connectivity index (χ0v) is 16.9. The Bertz CT molecular complexity index is 911. The number of fused-ring (bicyclic) bond motifs is 1. The Balaban J connectivity index is 1.66. The molecule has 28 heavy (non-hydrogen) atoms. The summed E-state index contributed by atoms with van der Waals surface area (Å²) in [4.78, 5) is 25.5. The van der Waals surface area contributed by atoms with Gasteiger partial charge in [-0.1, -0.05) is 23.8 Å². The van der Waals surface area contributed by atoms with Gasteiger partial charge in [-0.05, 0) is 63.4 Å². The van der Waals surface area contributed by atoms with Gasteiger partial charge in [0.2, 0.25) is 18.6 Å². The van der Waals surface area contributed by atoms with E-state index in [1.807, 2.05) is 51.1 Å². The Morgan fingerprint density at radius 1 is 0.964 bits per heavy atom. The molecule has 0 atom stereocenters. The molecule has 6 heteroatoms. The second-order valence-electron chi connectivity index (χ2n) is 7.72. The van der Waals surface area contributed by atoms with E-state index in [2.05, 4.69) is 10.6 Å².